The van der Waals surface area contributed by atoms with Crippen LogP contribution in [0.2, 0.25) is 5.02 Å². The fourth-order valence-corrected chi connectivity index (χ4v) is 4.00. The molecule has 0 saturated carbocycles. The fraction of sp³-hybridized carbons (Fsp3) is 0.231. The Morgan fingerprint density at radius 3 is 2.25 bits per heavy atom. The normalized spacial score (nSPS) is 13.6. The summed E-state index contributed by atoms with van der Waals surface area (Å²) < 4.78 is 27.6. The molecule has 0 amide bonds. The smallest absolute Gasteiger partial charge is 0.126 e. The molecule has 3 aromatic rings. The van der Waals surface area contributed by atoms with Crippen LogP contribution in [0.15, 0.2) is 66.7 Å². The number of benzene rings is 3. The van der Waals surface area contributed by atoms with E-state index in [1.807, 2.05) is 49.4 Å². The van der Waals surface area contributed by atoms with Crippen LogP contribution < -0.4 is 5.32 Å². The van der Waals surface area contributed by atoms with Gasteiger partial charge >= 0.3 is 0 Å². The van der Waals surface area contributed by atoms with Crippen molar-refractivity contribution < 1.29 is 8.78 Å². The van der Waals surface area contributed by atoms with Gasteiger partial charge in [0.1, 0.15) is 11.6 Å². The molecule has 162 valence electrons. The molecule has 0 aliphatic rings. The zero-order valence-corrected chi connectivity index (χ0v) is 18.3. The van der Waals surface area contributed by atoms with Crippen molar-refractivity contribution in [2.24, 2.45) is 0 Å². The highest BCUT2D eigenvalue weighted by Crippen LogP contribution is 2.29. The number of hydrogen-bond acceptors (Lipinski definition) is 3. The van der Waals surface area contributed by atoms with Gasteiger partial charge in [0, 0.05) is 29.1 Å². The van der Waals surface area contributed by atoms with E-state index in [1.54, 1.807) is 6.07 Å². The first-order valence-corrected chi connectivity index (χ1v) is 10.6. The summed E-state index contributed by atoms with van der Waals surface area (Å²) in [4.78, 5) is 0. The van der Waals surface area contributed by atoms with Crippen molar-refractivity contribution in [1.82, 2.24) is 5.32 Å². The number of rotatable bonds is 8. The van der Waals surface area contributed by atoms with Gasteiger partial charge in [-0.15, -0.1) is 0 Å². The average molecular weight is 450 g/mol. The Kier molecular flexibility index (Phi) is 7.95. The van der Waals surface area contributed by atoms with Crippen molar-refractivity contribution in [3.8, 4) is 12.1 Å². The van der Waals surface area contributed by atoms with E-state index in [-0.39, 0.29) is 18.4 Å². The zero-order valence-electron chi connectivity index (χ0n) is 17.5. The third kappa shape index (κ3) is 6.14. The minimum Gasteiger partial charge on any atom is -0.306 e. The second-order valence-electron chi connectivity index (χ2n) is 7.75. The predicted octanol–water partition coefficient (Wildman–Crippen LogP) is 6.45. The van der Waals surface area contributed by atoms with E-state index in [9.17, 15) is 19.3 Å². The van der Waals surface area contributed by atoms with Crippen LogP contribution in [-0.2, 0) is 6.42 Å². The number of halogens is 3. The molecule has 2 unspecified atom stereocenters. The van der Waals surface area contributed by atoms with Crippen LogP contribution in [0.25, 0.3) is 0 Å². The Morgan fingerprint density at radius 1 is 0.938 bits per heavy atom. The van der Waals surface area contributed by atoms with Crippen molar-refractivity contribution in [3.63, 3.8) is 0 Å². The number of hydrogen-bond donors (Lipinski definition) is 1. The molecule has 0 saturated heterocycles. The van der Waals surface area contributed by atoms with E-state index in [0.29, 0.717) is 22.6 Å². The fourth-order valence-electron chi connectivity index (χ4n) is 3.87. The van der Waals surface area contributed by atoms with Crippen LogP contribution in [0.1, 0.15) is 47.6 Å². The van der Waals surface area contributed by atoms with E-state index in [1.165, 1.54) is 12.1 Å². The summed E-state index contributed by atoms with van der Waals surface area (Å²) in [6.45, 7) is 1.97. The largest absolute Gasteiger partial charge is 0.306 e. The summed E-state index contributed by atoms with van der Waals surface area (Å²) in [7, 11) is 0. The van der Waals surface area contributed by atoms with Crippen LogP contribution in [0.3, 0.4) is 0 Å². The molecule has 0 aromatic heterocycles. The minimum atomic E-state index is -0.683. The number of nitrogens with zero attached hydrogens (tertiary/aromatic N) is 2. The summed E-state index contributed by atoms with van der Waals surface area (Å²) in [5.41, 5.74) is 2.95. The van der Waals surface area contributed by atoms with Gasteiger partial charge in [0.2, 0.25) is 0 Å². The first-order chi connectivity index (χ1) is 15.4. The van der Waals surface area contributed by atoms with Crippen LogP contribution >= 0.6 is 11.6 Å². The quantitative estimate of drug-likeness (QED) is 0.430. The van der Waals surface area contributed by atoms with Gasteiger partial charge in [-0.1, -0.05) is 35.9 Å². The van der Waals surface area contributed by atoms with Gasteiger partial charge in [-0.05, 0) is 66.4 Å². The summed E-state index contributed by atoms with van der Waals surface area (Å²) in [6.07, 6.45) is 0.705. The van der Waals surface area contributed by atoms with Crippen molar-refractivity contribution >= 4 is 11.6 Å². The maximum atomic E-state index is 13.8. The maximum absolute atomic E-state index is 13.8. The highest BCUT2D eigenvalue weighted by molar-refractivity contribution is 6.30. The molecule has 3 aromatic carbocycles. The Balaban J connectivity index is 1.93. The van der Waals surface area contributed by atoms with E-state index in [4.69, 9.17) is 11.6 Å². The third-order valence-electron chi connectivity index (χ3n) is 5.46. The van der Waals surface area contributed by atoms with E-state index in [0.717, 1.165) is 17.2 Å². The SMILES string of the molecule is CC(N[C@@H](CC#N)c1cc(F)cc(F)c1)C(Cc1ccc(Cl)cc1)c1cccc(C#N)c1. The van der Waals surface area contributed by atoms with Crippen molar-refractivity contribution in [2.45, 2.75) is 37.8 Å². The van der Waals surface area contributed by atoms with Crippen LogP contribution in [0.5, 0.6) is 0 Å². The first-order valence-electron chi connectivity index (χ1n) is 10.2. The molecule has 3 atom stereocenters. The van der Waals surface area contributed by atoms with Crippen LogP contribution in [-0.4, -0.2) is 6.04 Å². The lowest BCUT2D eigenvalue weighted by Gasteiger charge is -2.30. The highest BCUT2D eigenvalue weighted by atomic mass is 35.5. The van der Waals surface area contributed by atoms with Gasteiger partial charge < -0.3 is 5.32 Å². The second kappa shape index (κ2) is 10.9. The molecular weight excluding hydrogens is 428 g/mol. The van der Waals surface area contributed by atoms with Crippen LogP contribution in [0.4, 0.5) is 8.78 Å². The van der Waals surface area contributed by atoms with Crippen LogP contribution in [0, 0.1) is 34.3 Å². The summed E-state index contributed by atoms with van der Waals surface area (Å²) in [5, 5.41) is 22.7. The van der Waals surface area contributed by atoms with E-state index in [2.05, 4.69) is 17.5 Å². The third-order valence-corrected chi connectivity index (χ3v) is 5.72. The molecule has 6 heteroatoms. The number of nitrogens with one attached hydrogen (secondary N) is 1. The molecule has 3 nitrogen and oxygen atoms in total. The van der Waals surface area contributed by atoms with Gasteiger partial charge in [-0.2, -0.15) is 10.5 Å². The second-order valence-corrected chi connectivity index (χ2v) is 8.18. The van der Waals surface area contributed by atoms with E-state index < -0.39 is 17.7 Å². The Hall–Kier alpha value is -3.25. The molecule has 0 radical (unpaired) electrons. The lowest BCUT2D eigenvalue weighted by atomic mass is 9.85. The lowest BCUT2D eigenvalue weighted by Crippen LogP contribution is -2.36. The number of nitriles is 2. The van der Waals surface area contributed by atoms with Gasteiger partial charge in [-0.25, -0.2) is 8.78 Å². The Labute approximate surface area is 191 Å². The topological polar surface area (TPSA) is 59.6 Å². The van der Waals surface area contributed by atoms with E-state index >= 15 is 0 Å². The predicted molar refractivity (Wildman–Crippen MR) is 121 cm³/mol. The molecule has 1 N–H and O–H groups in total. The molecule has 0 aliphatic carbocycles. The van der Waals surface area contributed by atoms with Gasteiger partial charge in [0.25, 0.3) is 0 Å². The Bertz CT molecular complexity index is 1130. The van der Waals surface area contributed by atoms with Gasteiger partial charge in [0.15, 0.2) is 0 Å². The van der Waals surface area contributed by atoms with Crippen molar-refractivity contribution in [1.29, 1.82) is 10.5 Å². The maximum Gasteiger partial charge on any atom is 0.126 e. The summed E-state index contributed by atoms with van der Waals surface area (Å²) in [5.74, 6) is -1.43. The Morgan fingerprint density at radius 2 is 1.62 bits per heavy atom. The molecule has 0 spiro atoms. The molecule has 0 heterocycles. The lowest BCUT2D eigenvalue weighted by molar-refractivity contribution is 0.399. The highest BCUT2D eigenvalue weighted by Gasteiger charge is 2.24. The van der Waals surface area contributed by atoms with Gasteiger partial charge in [-0.3, -0.25) is 0 Å². The van der Waals surface area contributed by atoms with Gasteiger partial charge in [0.05, 0.1) is 24.1 Å². The minimum absolute atomic E-state index is 0.0547. The molecule has 0 aliphatic heterocycles. The molecule has 0 bridgehead atoms. The average Bonchev–Trinajstić information content (AvgIpc) is 2.77. The molecular formula is C26H22ClF2N3. The standard InChI is InChI=1S/C26H22ClF2N3/c1-17(32-26(9-10-30)21-13-23(28)15-24(29)14-21)25(12-18-5-7-22(27)8-6-18)20-4-2-3-19(11-20)16-31/h2-8,11,13-15,17,25-26,32H,9,12H2,1H3/t17?,25?,26-/m0/s1. The van der Waals surface area contributed by atoms with Crippen molar-refractivity contribution in [3.05, 3.63) is 106 Å². The van der Waals surface area contributed by atoms with Crippen molar-refractivity contribution in [2.75, 3.05) is 0 Å². The first kappa shape index (κ1) is 23.4. The molecule has 32 heavy (non-hydrogen) atoms. The zero-order chi connectivity index (χ0) is 23.1. The summed E-state index contributed by atoms with van der Waals surface area (Å²) >= 11 is 6.02. The molecule has 3 rings (SSSR count). The monoisotopic (exact) mass is 449 g/mol. The summed E-state index contributed by atoms with van der Waals surface area (Å²) in [6, 6.07) is 21.8. The molecule has 0 fully saturated rings.